The molecule has 0 bridgehead atoms. The molecule has 1 unspecified atom stereocenters. The lowest BCUT2D eigenvalue weighted by atomic mass is 9.84. The molecule has 2 N–H and O–H groups in total. The number of nitrogens with two attached hydrogens (primary N) is 1. The quantitative estimate of drug-likeness (QED) is 0.0659. The van der Waals surface area contributed by atoms with Crippen molar-refractivity contribution in [3.05, 3.63) is 215 Å². The molecule has 53 heavy (non-hydrogen) atoms. The topological polar surface area (TPSA) is 46.3 Å². The van der Waals surface area contributed by atoms with Gasteiger partial charge in [-0.05, 0) is 46.3 Å². The largest absolute Gasteiger partial charge is 0.329 e. The molecule has 0 aliphatic rings. The number of rotatable bonds is 19. The maximum absolute atomic E-state index is 14.6. The average Bonchev–Trinajstić information content (AvgIpc) is 3.24. The Bertz CT molecular complexity index is 1760. The van der Waals surface area contributed by atoms with E-state index in [0.29, 0.717) is 12.4 Å². The van der Waals surface area contributed by atoms with Crippen LogP contribution in [-0.2, 0) is 14.3 Å². The number of hydrogen-bond acceptors (Lipinski definition) is 5. The third kappa shape index (κ3) is 9.00. The molecule has 6 rings (SSSR count). The Morgan fingerprint density at radius 1 is 0.547 bits per heavy atom. The van der Waals surface area contributed by atoms with Gasteiger partial charge in [-0.15, -0.1) is 35.1 Å². The first kappa shape index (κ1) is 38.6. The highest BCUT2D eigenvalue weighted by molar-refractivity contribution is 8.02. The molecular formula is C47H47ClN2OS2. The summed E-state index contributed by atoms with van der Waals surface area (Å²) in [4.78, 5) is 16.8. The molecule has 6 aromatic carbocycles. The van der Waals surface area contributed by atoms with E-state index in [1.165, 1.54) is 16.7 Å². The van der Waals surface area contributed by atoms with Crippen molar-refractivity contribution in [3.63, 3.8) is 0 Å². The highest BCUT2D eigenvalue weighted by Gasteiger charge is 2.41. The fourth-order valence-corrected chi connectivity index (χ4v) is 10.4. The van der Waals surface area contributed by atoms with Crippen LogP contribution in [-0.4, -0.2) is 53.7 Å². The van der Waals surface area contributed by atoms with Crippen LogP contribution in [0.5, 0.6) is 0 Å². The molecule has 0 spiro atoms. The van der Waals surface area contributed by atoms with Crippen molar-refractivity contribution in [1.82, 2.24) is 4.90 Å². The van der Waals surface area contributed by atoms with Crippen molar-refractivity contribution < 1.29 is 4.79 Å². The number of ketones is 1. The Hall–Kier alpha value is -4.10. The van der Waals surface area contributed by atoms with Crippen LogP contribution in [0.1, 0.15) is 39.8 Å². The number of carbonyl (C=O) groups is 1. The van der Waals surface area contributed by atoms with Gasteiger partial charge in [-0.25, -0.2) is 0 Å². The van der Waals surface area contributed by atoms with Gasteiger partial charge in [0.2, 0.25) is 0 Å². The molecule has 0 heterocycles. The van der Waals surface area contributed by atoms with Crippen LogP contribution < -0.4 is 5.73 Å². The molecule has 0 aliphatic heterocycles. The lowest BCUT2D eigenvalue weighted by Crippen LogP contribution is -2.42. The number of hydrogen-bond donors (Lipinski definition) is 1. The standard InChI is InChI=1S/C47H47ClN2OS2/c48-32-19-33-50(34-35-52-46(38-20-7-1-8-21-38,39-22-9-2-10-23-39)40-24-11-3-12-25-40)37-44(51)45(36-49)53-47(41-26-13-4-14-27-41,42-28-15-5-16-29-42)43-30-17-6-18-31-43/h1-18,20-31,45H,19,32-37,49H2. The van der Waals surface area contributed by atoms with Gasteiger partial charge in [-0.1, -0.05) is 182 Å². The maximum Gasteiger partial charge on any atom is 0.161 e. The SMILES string of the molecule is NCC(SC(c1ccccc1)(c1ccccc1)c1ccccc1)C(=O)CN(CCCCl)CCSC(c1ccccc1)(c1ccccc1)c1ccccc1. The van der Waals surface area contributed by atoms with Crippen LogP contribution in [0, 0.1) is 0 Å². The van der Waals surface area contributed by atoms with E-state index in [1.54, 1.807) is 11.8 Å². The predicted molar refractivity (Wildman–Crippen MR) is 228 cm³/mol. The molecule has 0 fully saturated rings. The zero-order valence-electron chi connectivity index (χ0n) is 30.0. The summed E-state index contributed by atoms with van der Waals surface area (Å²) >= 11 is 9.84. The monoisotopic (exact) mass is 754 g/mol. The zero-order valence-corrected chi connectivity index (χ0v) is 32.4. The minimum atomic E-state index is -0.638. The summed E-state index contributed by atoms with van der Waals surface area (Å²) in [6.07, 6.45) is 0.795. The number of carbonyl (C=O) groups excluding carboxylic acids is 1. The van der Waals surface area contributed by atoms with Gasteiger partial charge in [0.15, 0.2) is 5.78 Å². The molecule has 3 nitrogen and oxygen atoms in total. The third-order valence-electron chi connectivity index (χ3n) is 9.69. The van der Waals surface area contributed by atoms with Crippen LogP contribution in [0.15, 0.2) is 182 Å². The number of Topliss-reactive ketones (excluding diaryl/α,β-unsaturated/α-hetero) is 1. The summed E-state index contributed by atoms with van der Waals surface area (Å²) in [5.74, 6) is 1.47. The van der Waals surface area contributed by atoms with Crippen LogP contribution >= 0.6 is 35.1 Å². The first-order chi connectivity index (χ1) is 26.1. The second-order valence-corrected chi connectivity index (χ2v) is 16.1. The summed E-state index contributed by atoms with van der Waals surface area (Å²) < 4.78 is -1.07. The average molecular weight is 755 g/mol. The van der Waals surface area contributed by atoms with Gasteiger partial charge in [-0.2, -0.15) is 0 Å². The van der Waals surface area contributed by atoms with Gasteiger partial charge in [0, 0.05) is 24.7 Å². The highest BCUT2D eigenvalue weighted by atomic mass is 35.5. The molecule has 6 aromatic rings. The second kappa shape index (κ2) is 19.3. The van der Waals surface area contributed by atoms with Crippen molar-refractivity contribution in [1.29, 1.82) is 0 Å². The maximum atomic E-state index is 14.6. The molecule has 0 saturated carbocycles. The summed E-state index contributed by atoms with van der Waals surface area (Å²) in [5.41, 5.74) is 13.6. The Morgan fingerprint density at radius 3 is 1.21 bits per heavy atom. The number of thioether (sulfide) groups is 2. The zero-order chi connectivity index (χ0) is 36.8. The van der Waals surface area contributed by atoms with E-state index in [0.717, 1.165) is 42.0 Å². The Labute approximate surface area is 329 Å². The van der Waals surface area contributed by atoms with Crippen molar-refractivity contribution in [3.8, 4) is 0 Å². The van der Waals surface area contributed by atoms with E-state index >= 15 is 0 Å². The lowest BCUT2D eigenvalue weighted by molar-refractivity contribution is -0.119. The van der Waals surface area contributed by atoms with Crippen molar-refractivity contribution >= 4 is 40.9 Å². The first-order valence-electron chi connectivity index (χ1n) is 18.3. The first-order valence-corrected chi connectivity index (χ1v) is 20.7. The Balaban J connectivity index is 1.29. The summed E-state index contributed by atoms with van der Waals surface area (Å²) in [6.45, 7) is 1.99. The van der Waals surface area contributed by atoms with E-state index < -0.39 is 14.7 Å². The van der Waals surface area contributed by atoms with Crippen LogP contribution in [0.25, 0.3) is 0 Å². The molecule has 1 atom stereocenters. The van der Waals surface area contributed by atoms with Gasteiger partial charge in [0.1, 0.15) is 0 Å². The van der Waals surface area contributed by atoms with Crippen LogP contribution in [0.4, 0.5) is 0 Å². The minimum Gasteiger partial charge on any atom is -0.329 e. The Morgan fingerprint density at radius 2 is 0.887 bits per heavy atom. The van der Waals surface area contributed by atoms with Crippen LogP contribution in [0.2, 0.25) is 0 Å². The van der Waals surface area contributed by atoms with E-state index in [4.69, 9.17) is 17.3 Å². The number of alkyl halides is 1. The summed E-state index contributed by atoms with van der Waals surface area (Å²) in [6, 6.07) is 63.8. The predicted octanol–water partition coefficient (Wildman–Crippen LogP) is 10.3. The molecule has 0 radical (unpaired) electrons. The van der Waals surface area contributed by atoms with Crippen LogP contribution in [0.3, 0.4) is 0 Å². The number of nitrogens with zero attached hydrogens (tertiary/aromatic N) is 1. The van der Waals surface area contributed by atoms with Gasteiger partial charge in [0.05, 0.1) is 21.3 Å². The Kier molecular flexibility index (Phi) is 14.1. The third-order valence-corrected chi connectivity index (χ3v) is 13.3. The molecule has 0 saturated heterocycles. The van der Waals surface area contributed by atoms with E-state index in [1.807, 2.05) is 30.0 Å². The van der Waals surface area contributed by atoms with E-state index in [-0.39, 0.29) is 12.3 Å². The fourth-order valence-electron chi connectivity index (χ4n) is 7.15. The van der Waals surface area contributed by atoms with Gasteiger partial charge < -0.3 is 5.73 Å². The van der Waals surface area contributed by atoms with Crippen molar-refractivity contribution in [2.24, 2.45) is 5.73 Å². The molecule has 0 aliphatic carbocycles. The molecule has 6 heteroatoms. The smallest absolute Gasteiger partial charge is 0.161 e. The summed E-state index contributed by atoms with van der Waals surface area (Å²) in [7, 11) is 0. The second-order valence-electron chi connectivity index (χ2n) is 13.0. The lowest BCUT2D eigenvalue weighted by Gasteiger charge is -2.38. The van der Waals surface area contributed by atoms with E-state index in [9.17, 15) is 4.79 Å². The molecule has 270 valence electrons. The normalized spacial score (nSPS) is 12.4. The fraction of sp³-hybridized carbons (Fsp3) is 0.213. The number of benzene rings is 6. The van der Waals surface area contributed by atoms with Crippen molar-refractivity contribution in [2.75, 3.05) is 37.8 Å². The van der Waals surface area contributed by atoms with Gasteiger partial charge in [0.25, 0.3) is 0 Å². The molecule has 0 aromatic heterocycles. The summed E-state index contributed by atoms with van der Waals surface area (Å²) in [5, 5.41) is -0.446. The van der Waals surface area contributed by atoms with E-state index in [2.05, 4.69) is 169 Å². The van der Waals surface area contributed by atoms with Gasteiger partial charge in [-0.3, -0.25) is 9.69 Å². The van der Waals surface area contributed by atoms with Gasteiger partial charge >= 0.3 is 0 Å². The minimum absolute atomic E-state index is 0.129. The van der Waals surface area contributed by atoms with Crippen molar-refractivity contribution in [2.45, 2.75) is 21.2 Å². The highest BCUT2D eigenvalue weighted by Crippen LogP contribution is 2.51. The molecular weight excluding hydrogens is 708 g/mol. The number of halogens is 1. The molecule has 0 amide bonds.